The maximum Gasteiger partial charge on any atom is 0.162 e. The van der Waals surface area contributed by atoms with Crippen molar-refractivity contribution < 1.29 is 14.6 Å². The second kappa shape index (κ2) is 12.5. The first-order chi connectivity index (χ1) is 13.5. The van der Waals surface area contributed by atoms with Crippen molar-refractivity contribution in [2.45, 2.75) is 19.6 Å². The second-order valence-electron chi connectivity index (χ2n) is 6.14. The van der Waals surface area contributed by atoms with Crippen molar-refractivity contribution in [3.63, 3.8) is 0 Å². The summed E-state index contributed by atoms with van der Waals surface area (Å²) in [4.78, 5) is 0. The Kier molecular flexibility index (Phi) is 10.4. The highest BCUT2D eigenvalue weighted by Gasteiger charge is 2.11. The normalized spacial score (nSPS) is 10.9. The summed E-state index contributed by atoms with van der Waals surface area (Å²) in [5, 5.41) is 16.3. The molecule has 0 aliphatic heterocycles. The Morgan fingerprint density at radius 1 is 1.00 bits per heavy atom. The van der Waals surface area contributed by atoms with E-state index < -0.39 is 0 Å². The maximum absolute atomic E-state index is 8.73. The smallest absolute Gasteiger partial charge is 0.162 e. The molecule has 0 aliphatic carbocycles. The van der Waals surface area contributed by atoms with Gasteiger partial charge in [-0.05, 0) is 54.9 Å². The molecule has 0 saturated carbocycles. The Bertz CT molecular complexity index is 762. The third-order valence-electron chi connectivity index (χ3n) is 4.02. The van der Waals surface area contributed by atoms with Gasteiger partial charge < -0.3 is 25.2 Å². The van der Waals surface area contributed by atoms with Crippen LogP contribution in [-0.4, -0.2) is 38.5 Å². The Morgan fingerprint density at radius 3 is 2.50 bits per heavy atom. The number of benzene rings is 2. The Labute approximate surface area is 184 Å². The number of hydrogen-bond donors (Lipinski definition) is 3. The van der Waals surface area contributed by atoms with E-state index in [1.165, 1.54) is 0 Å². The minimum absolute atomic E-state index is 0.166. The molecule has 0 fully saturated rings. The molecule has 0 radical (unpaired) electrons. The van der Waals surface area contributed by atoms with Gasteiger partial charge in [0.2, 0.25) is 0 Å². The minimum Gasteiger partial charge on any atom is -0.493 e. The lowest BCUT2D eigenvalue weighted by atomic mass is 10.2. The van der Waals surface area contributed by atoms with Gasteiger partial charge in [0, 0.05) is 17.6 Å². The molecule has 0 heterocycles. The van der Waals surface area contributed by atoms with Gasteiger partial charge in [-0.15, -0.1) is 0 Å². The molecule has 2 aromatic rings. The summed E-state index contributed by atoms with van der Waals surface area (Å²) in [5.74, 6) is 1.32. The van der Waals surface area contributed by atoms with E-state index in [9.17, 15) is 0 Å². The van der Waals surface area contributed by atoms with E-state index in [1.807, 2.05) is 18.2 Å². The number of aliphatic hydroxyl groups excluding tert-OH is 1. The summed E-state index contributed by atoms with van der Waals surface area (Å²) < 4.78 is 12.4. The average molecular weight is 492 g/mol. The molecule has 3 N–H and O–H groups in total. The first kappa shape index (κ1) is 23.3. The van der Waals surface area contributed by atoms with Crippen LogP contribution >= 0.6 is 39.1 Å². The second-order valence-corrected chi connectivity index (χ2v) is 7.80. The molecule has 0 aliphatic rings. The van der Waals surface area contributed by atoms with Crippen molar-refractivity contribution in [1.82, 2.24) is 10.6 Å². The summed E-state index contributed by atoms with van der Waals surface area (Å²) >= 11 is 15.6. The van der Waals surface area contributed by atoms with Crippen LogP contribution < -0.4 is 20.1 Å². The first-order valence-corrected chi connectivity index (χ1v) is 10.6. The van der Waals surface area contributed by atoms with Crippen molar-refractivity contribution in [2.75, 3.05) is 33.4 Å². The van der Waals surface area contributed by atoms with Crippen LogP contribution in [0.25, 0.3) is 0 Å². The summed E-state index contributed by atoms with van der Waals surface area (Å²) in [7, 11) is 1.62. The van der Waals surface area contributed by atoms with Gasteiger partial charge in [-0.1, -0.05) is 45.2 Å². The lowest BCUT2D eigenvalue weighted by molar-refractivity contribution is 0.284. The van der Waals surface area contributed by atoms with Gasteiger partial charge in [-0.25, -0.2) is 0 Å². The zero-order valence-electron chi connectivity index (χ0n) is 15.7. The molecule has 0 amide bonds. The molecular weight excluding hydrogens is 467 g/mol. The molecule has 0 unspecified atom stereocenters. The van der Waals surface area contributed by atoms with Crippen molar-refractivity contribution in [1.29, 1.82) is 0 Å². The van der Waals surface area contributed by atoms with Crippen LogP contribution in [0.2, 0.25) is 10.0 Å². The predicted molar refractivity (Wildman–Crippen MR) is 118 cm³/mol. The Balaban J connectivity index is 1.91. The summed E-state index contributed by atoms with van der Waals surface area (Å²) in [6.45, 7) is 3.62. The number of hydrogen-bond acceptors (Lipinski definition) is 5. The first-order valence-electron chi connectivity index (χ1n) is 9.00. The highest BCUT2D eigenvalue weighted by molar-refractivity contribution is 9.10. The third-order valence-corrected chi connectivity index (χ3v) is 5.50. The van der Waals surface area contributed by atoms with Gasteiger partial charge in [0.25, 0.3) is 0 Å². The van der Waals surface area contributed by atoms with Crippen LogP contribution in [0.4, 0.5) is 0 Å². The SMILES string of the molecule is COc1cc(CNCCCNCCO)c(Br)cc1OCc1ccc(Cl)c(Cl)c1. The van der Waals surface area contributed by atoms with Gasteiger partial charge in [0.05, 0.1) is 23.8 Å². The molecule has 0 bridgehead atoms. The third kappa shape index (κ3) is 7.43. The zero-order valence-corrected chi connectivity index (χ0v) is 18.8. The highest BCUT2D eigenvalue weighted by atomic mass is 79.9. The quantitative estimate of drug-likeness (QED) is 0.384. The molecule has 154 valence electrons. The summed E-state index contributed by atoms with van der Waals surface area (Å²) in [5.41, 5.74) is 2.01. The fraction of sp³-hybridized carbons (Fsp3) is 0.400. The zero-order chi connectivity index (χ0) is 20.4. The van der Waals surface area contributed by atoms with Crippen LogP contribution in [0.3, 0.4) is 0 Å². The molecule has 0 saturated heterocycles. The highest BCUT2D eigenvalue weighted by Crippen LogP contribution is 2.34. The van der Waals surface area contributed by atoms with Crippen LogP contribution in [-0.2, 0) is 13.2 Å². The van der Waals surface area contributed by atoms with Crippen LogP contribution in [0.5, 0.6) is 11.5 Å². The molecule has 5 nitrogen and oxygen atoms in total. The molecule has 2 aromatic carbocycles. The number of ether oxygens (including phenoxy) is 2. The summed E-state index contributed by atoms with van der Waals surface area (Å²) in [6, 6.07) is 9.30. The Hall–Kier alpha value is -1.02. The van der Waals surface area contributed by atoms with E-state index in [0.717, 1.165) is 35.1 Å². The van der Waals surface area contributed by atoms with Crippen LogP contribution in [0.15, 0.2) is 34.8 Å². The standard InChI is InChI=1S/C20H25BrCl2N2O3/c1-27-19-10-15(12-25-6-2-5-24-7-8-26)16(21)11-20(19)28-13-14-3-4-17(22)18(23)9-14/h3-4,9-11,24-26H,2,5-8,12-13H2,1H3. The number of halogens is 3. The van der Waals surface area contributed by atoms with Crippen molar-refractivity contribution in [2.24, 2.45) is 0 Å². The molecule has 28 heavy (non-hydrogen) atoms. The largest absolute Gasteiger partial charge is 0.493 e. The number of rotatable bonds is 12. The van der Waals surface area contributed by atoms with Gasteiger partial charge in [-0.3, -0.25) is 0 Å². The van der Waals surface area contributed by atoms with Gasteiger partial charge in [-0.2, -0.15) is 0 Å². The van der Waals surface area contributed by atoms with E-state index >= 15 is 0 Å². The van der Waals surface area contributed by atoms with Crippen molar-refractivity contribution >= 4 is 39.1 Å². The lowest BCUT2D eigenvalue weighted by Crippen LogP contribution is -2.24. The number of aliphatic hydroxyl groups is 1. The van der Waals surface area contributed by atoms with E-state index in [0.29, 0.717) is 41.2 Å². The minimum atomic E-state index is 0.166. The Morgan fingerprint density at radius 2 is 1.79 bits per heavy atom. The monoisotopic (exact) mass is 490 g/mol. The van der Waals surface area contributed by atoms with Gasteiger partial charge >= 0.3 is 0 Å². The summed E-state index contributed by atoms with van der Waals surface area (Å²) in [6.07, 6.45) is 0.986. The van der Waals surface area contributed by atoms with Gasteiger partial charge in [0.1, 0.15) is 6.61 Å². The average Bonchev–Trinajstić information content (AvgIpc) is 2.69. The van der Waals surface area contributed by atoms with E-state index in [-0.39, 0.29) is 6.61 Å². The van der Waals surface area contributed by atoms with E-state index in [1.54, 1.807) is 19.2 Å². The van der Waals surface area contributed by atoms with E-state index in [2.05, 4.69) is 26.6 Å². The fourth-order valence-electron chi connectivity index (χ4n) is 2.54. The maximum atomic E-state index is 8.73. The lowest BCUT2D eigenvalue weighted by Gasteiger charge is -2.15. The van der Waals surface area contributed by atoms with Crippen LogP contribution in [0.1, 0.15) is 17.5 Å². The number of methoxy groups -OCH3 is 1. The van der Waals surface area contributed by atoms with Crippen LogP contribution in [0, 0.1) is 0 Å². The molecule has 2 rings (SSSR count). The molecule has 0 spiro atoms. The molecule has 8 heteroatoms. The molecular formula is C20H25BrCl2N2O3. The predicted octanol–water partition coefficient (Wildman–Crippen LogP) is 4.41. The number of nitrogens with one attached hydrogen (secondary N) is 2. The fourth-order valence-corrected chi connectivity index (χ4v) is 3.32. The van der Waals surface area contributed by atoms with Crippen molar-refractivity contribution in [3.05, 3.63) is 56.0 Å². The topological polar surface area (TPSA) is 62.8 Å². The van der Waals surface area contributed by atoms with Crippen molar-refractivity contribution in [3.8, 4) is 11.5 Å². The molecule has 0 aromatic heterocycles. The molecule has 0 atom stereocenters. The van der Waals surface area contributed by atoms with E-state index in [4.69, 9.17) is 37.8 Å². The van der Waals surface area contributed by atoms with Gasteiger partial charge in [0.15, 0.2) is 11.5 Å².